The molecule has 0 aliphatic heterocycles. The maximum absolute atomic E-state index is 13.4. The Bertz CT molecular complexity index is 988. The number of sulfonamides is 1. The van der Waals surface area contributed by atoms with Crippen LogP contribution in [-0.2, 0) is 10.0 Å². The van der Waals surface area contributed by atoms with E-state index in [-0.39, 0.29) is 17.8 Å². The van der Waals surface area contributed by atoms with Crippen LogP contribution >= 0.6 is 0 Å². The van der Waals surface area contributed by atoms with Gasteiger partial charge in [0.1, 0.15) is 5.82 Å². The summed E-state index contributed by atoms with van der Waals surface area (Å²) in [4.78, 5) is 4.50. The first-order chi connectivity index (χ1) is 13.9. The molecule has 2 saturated carbocycles. The first-order valence-electron chi connectivity index (χ1n) is 10.3. The number of pyridine rings is 1. The Balaban J connectivity index is 1.52. The van der Waals surface area contributed by atoms with Crippen LogP contribution in [0.1, 0.15) is 37.8 Å². The Hall–Kier alpha value is -2.05. The molecule has 1 aromatic carbocycles. The van der Waals surface area contributed by atoms with Crippen LogP contribution < -0.4 is 4.72 Å². The summed E-state index contributed by atoms with van der Waals surface area (Å²) in [6, 6.07) is 10.3. The quantitative estimate of drug-likeness (QED) is 0.775. The Morgan fingerprint density at radius 2 is 1.97 bits per heavy atom. The molecular weight excluding hydrogens is 387 g/mol. The van der Waals surface area contributed by atoms with Crippen LogP contribution in [0.4, 0.5) is 4.39 Å². The summed E-state index contributed by atoms with van der Waals surface area (Å²) < 4.78 is 40.0. The van der Waals surface area contributed by atoms with Crippen LogP contribution in [0.5, 0.6) is 0 Å². The molecule has 1 aromatic heterocycles. The molecule has 6 heteroatoms. The highest BCUT2D eigenvalue weighted by Gasteiger charge is 2.43. The second-order valence-corrected chi connectivity index (χ2v) is 10.1. The number of halogens is 1. The van der Waals surface area contributed by atoms with Crippen LogP contribution in [0, 0.1) is 23.6 Å². The first-order valence-corrected chi connectivity index (χ1v) is 12.2. The summed E-state index contributed by atoms with van der Waals surface area (Å²) in [5.41, 5.74) is 2.49. The molecule has 0 amide bonds. The highest BCUT2D eigenvalue weighted by Crippen LogP contribution is 2.46. The minimum atomic E-state index is -3.24. The summed E-state index contributed by atoms with van der Waals surface area (Å²) in [6.07, 6.45) is 12.9. The van der Waals surface area contributed by atoms with Crippen molar-refractivity contribution in [3.05, 3.63) is 60.2 Å². The van der Waals surface area contributed by atoms with Gasteiger partial charge in [0.2, 0.25) is 10.0 Å². The Morgan fingerprint density at radius 3 is 2.69 bits per heavy atom. The standard InChI is InChI=1S/C23H27FN2O2S/c1-29(27,28)26-23-14-17-5-2-3-8-21(17)22(23)12-11-20-10-9-18(15-25-20)16-6-4-7-19(24)13-16/h4,6-7,9-13,15,17,21-23,26H,2-3,5,8,14H2,1H3/b12-11+/t17-,21-,22+,23+/m1/s1. The van der Waals surface area contributed by atoms with E-state index in [9.17, 15) is 12.8 Å². The fourth-order valence-electron chi connectivity index (χ4n) is 5.05. The number of hydrogen-bond donors (Lipinski definition) is 1. The lowest BCUT2D eigenvalue weighted by Gasteiger charge is -2.28. The molecule has 2 aliphatic carbocycles. The summed E-state index contributed by atoms with van der Waals surface area (Å²) in [5.74, 6) is 1.06. The van der Waals surface area contributed by atoms with E-state index >= 15 is 0 Å². The average Bonchev–Trinajstić information content (AvgIpc) is 3.02. The highest BCUT2D eigenvalue weighted by molar-refractivity contribution is 7.88. The van der Waals surface area contributed by atoms with Gasteiger partial charge in [0.05, 0.1) is 11.9 Å². The molecule has 0 spiro atoms. The number of nitrogens with zero attached hydrogens (tertiary/aromatic N) is 1. The maximum Gasteiger partial charge on any atom is 0.208 e. The van der Waals surface area contributed by atoms with Crippen molar-refractivity contribution >= 4 is 16.1 Å². The fourth-order valence-corrected chi connectivity index (χ4v) is 5.85. The number of nitrogens with one attached hydrogen (secondary N) is 1. The van der Waals surface area contributed by atoms with Crippen LogP contribution in [0.25, 0.3) is 17.2 Å². The minimum Gasteiger partial charge on any atom is -0.256 e. The monoisotopic (exact) mass is 414 g/mol. The molecule has 0 unspecified atom stereocenters. The van der Waals surface area contributed by atoms with Crippen molar-refractivity contribution in [2.24, 2.45) is 17.8 Å². The highest BCUT2D eigenvalue weighted by atomic mass is 32.2. The first kappa shape index (κ1) is 20.2. The van der Waals surface area contributed by atoms with Gasteiger partial charge in [-0.05, 0) is 60.4 Å². The third kappa shape index (κ3) is 4.93. The van der Waals surface area contributed by atoms with Crippen molar-refractivity contribution in [1.82, 2.24) is 9.71 Å². The molecule has 4 atom stereocenters. The second kappa shape index (κ2) is 8.36. The molecule has 154 valence electrons. The van der Waals surface area contributed by atoms with Gasteiger partial charge in [-0.25, -0.2) is 17.5 Å². The Kier molecular flexibility index (Phi) is 5.83. The molecular formula is C23H27FN2O2S. The number of hydrogen-bond acceptors (Lipinski definition) is 3. The molecule has 2 aliphatic rings. The maximum atomic E-state index is 13.4. The third-order valence-electron chi connectivity index (χ3n) is 6.28. The molecule has 2 fully saturated rings. The van der Waals surface area contributed by atoms with E-state index in [1.54, 1.807) is 12.3 Å². The molecule has 1 N–H and O–H groups in total. The van der Waals surface area contributed by atoms with Crippen molar-refractivity contribution in [3.8, 4) is 11.1 Å². The molecule has 0 bridgehead atoms. The second-order valence-electron chi connectivity index (χ2n) is 8.36. The average molecular weight is 415 g/mol. The largest absolute Gasteiger partial charge is 0.256 e. The summed E-state index contributed by atoms with van der Waals surface area (Å²) in [5, 5.41) is 0. The van der Waals surface area contributed by atoms with Gasteiger partial charge in [0.15, 0.2) is 0 Å². The lowest BCUT2D eigenvalue weighted by atomic mass is 9.78. The number of aromatic nitrogens is 1. The van der Waals surface area contributed by atoms with Crippen molar-refractivity contribution in [1.29, 1.82) is 0 Å². The van der Waals surface area contributed by atoms with Crippen LogP contribution in [-0.4, -0.2) is 25.7 Å². The van der Waals surface area contributed by atoms with Gasteiger partial charge in [-0.15, -0.1) is 0 Å². The van der Waals surface area contributed by atoms with E-state index in [0.29, 0.717) is 11.8 Å². The molecule has 4 nitrogen and oxygen atoms in total. The fraction of sp³-hybridized carbons (Fsp3) is 0.435. The third-order valence-corrected chi connectivity index (χ3v) is 7.01. The van der Waals surface area contributed by atoms with Gasteiger partial charge in [-0.2, -0.15) is 0 Å². The molecule has 4 rings (SSSR count). The predicted molar refractivity (Wildman–Crippen MR) is 114 cm³/mol. The van der Waals surface area contributed by atoms with Crippen molar-refractivity contribution in [2.75, 3.05) is 6.26 Å². The summed E-state index contributed by atoms with van der Waals surface area (Å²) in [6.45, 7) is 0. The van der Waals surface area contributed by atoms with E-state index in [1.165, 1.54) is 37.7 Å². The molecule has 29 heavy (non-hydrogen) atoms. The molecule has 2 aromatic rings. The number of rotatable bonds is 5. The molecule has 1 heterocycles. The summed E-state index contributed by atoms with van der Waals surface area (Å²) in [7, 11) is -3.24. The van der Waals surface area contributed by atoms with Gasteiger partial charge >= 0.3 is 0 Å². The van der Waals surface area contributed by atoms with Gasteiger partial charge in [0.25, 0.3) is 0 Å². The van der Waals surface area contributed by atoms with E-state index in [4.69, 9.17) is 0 Å². The SMILES string of the molecule is CS(=O)(=O)N[C@H]1C[C@H]2CCCC[C@H]2[C@@H]1/C=C/c1ccc(-c2cccc(F)c2)cn1. The minimum absolute atomic E-state index is 0.0408. The number of fused-ring (bicyclic) bond motifs is 1. The van der Waals surface area contributed by atoms with E-state index in [2.05, 4.69) is 15.8 Å². The smallest absolute Gasteiger partial charge is 0.208 e. The van der Waals surface area contributed by atoms with E-state index in [0.717, 1.165) is 29.7 Å². The van der Waals surface area contributed by atoms with Crippen LogP contribution in [0.3, 0.4) is 0 Å². The van der Waals surface area contributed by atoms with Crippen LogP contribution in [0.15, 0.2) is 48.7 Å². The van der Waals surface area contributed by atoms with Crippen molar-refractivity contribution < 1.29 is 12.8 Å². The van der Waals surface area contributed by atoms with Gasteiger partial charge < -0.3 is 0 Å². The summed E-state index contributed by atoms with van der Waals surface area (Å²) >= 11 is 0. The molecule has 0 saturated heterocycles. The number of benzene rings is 1. The lowest BCUT2D eigenvalue weighted by molar-refractivity contribution is 0.249. The zero-order chi connectivity index (χ0) is 20.4. The Labute approximate surface area is 172 Å². The van der Waals surface area contributed by atoms with E-state index in [1.807, 2.05) is 24.3 Å². The van der Waals surface area contributed by atoms with Crippen molar-refractivity contribution in [3.63, 3.8) is 0 Å². The van der Waals surface area contributed by atoms with Gasteiger partial charge in [-0.3, -0.25) is 4.98 Å². The predicted octanol–water partition coefficient (Wildman–Crippen LogP) is 4.65. The zero-order valence-corrected chi connectivity index (χ0v) is 17.4. The zero-order valence-electron chi connectivity index (χ0n) is 16.6. The Morgan fingerprint density at radius 1 is 1.14 bits per heavy atom. The normalized spacial score (nSPS) is 27.2. The molecule has 0 radical (unpaired) electrons. The van der Waals surface area contributed by atoms with Gasteiger partial charge in [-0.1, -0.05) is 43.5 Å². The van der Waals surface area contributed by atoms with Crippen molar-refractivity contribution in [2.45, 2.75) is 38.1 Å². The topological polar surface area (TPSA) is 59.1 Å². The van der Waals surface area contributed by atoms with E-state index < -0.39 is 10.0 Å². The van der Waals surface area contributed by atoms with Gasteiger partial charge in [0, 0.05) is 17.8 Å². The lowest BCUT2D eigenvalue weighted by Crippen LogP contribution is -2.37. The van der Waals surface area contributed by atoms with Crippen LogP contribution in [0.2, 0.25) is 0 Å².